The Balaban J connectivity index is 2.14. The van der Waals surface area contributed by atoms with Crippen LogP contribution in [0.25, 0.3) is 10.2 Å². The van der Waals surface area contributed by atoms with Crippen LogP contribution >= 0.6 is 11.3 Å². The van der Waals surface area contributed by atoms with Gasteiger partial charge in [-0.3, -0.25) is 4.79 Å². The lowest BCUT2D eigenvalue weighted by molar-refractivity contribution is -0.116. The zero-order valence-corrected chi connectivity index (χ0v) is 13.2. The molecule has 1 atom stereocenters. The van der Waals surface area contributed by atoms with Crippen molar-refractivity contribution in [1.29, 1.82) is 0 Å². The predicted octanol–water partition coefficient (Wildman–Crippen LogP) is 4.94. The topological polar surface area (TPSA) is 42.0 Å². The number of nitrogens with one attached hydrogen (secondary N) is 1. The van der Waals surface area contributed by atoms with Crippen molar-refractivity contribution >= 4 is 32.6 Å². The van der Waals surface area contributed by atoms with Crippen molar-refractivity contribution in [1.82, 2.24) is 4.98 Å². The standard InChI is InChI=1S/C16H22N2OS/c1-4-6-7-15(19)18-16-17-13-9-8-12(11(3)5-2)10-14(13)20-16/h8-11H,4-7H2,1-3H3,(H,17,18,19). The van der Waals surface area contributed by atoms with Gasteiger partial charge >= 0.3 is 0 Å². The summed E-state index contributed by atoms with van der Waals surface area (Å²) in [5.41, 5.74) is 2.31. The molecular formula is C16H22N2OS. The van der Waals surface area contributed by atoms with Crippen LogP contribution in [-0.4, -0.2) is 10.9 Å². The fraction of sp³-hybridized carbons (Fsp3) is 0.500. The average molecular weight is 290 g/mol. The van der Waals surface area contributed by atoms with Gasteiger partial charge in [0, 0.05) is 6.42 Å². The van der Waals surface area contributed by atoms with E-state index in [4.69, 9.17) is 0 Å². The van der Waals surface area contributed by atoms with Crippen LogP contribution in [0.4, 0.5) is 5.13 Å². The van der Waals surface area contributed by atoms with Gasteiger partial charge in [0.2, 0.25) is 5.91 Å². The number of aromatic nitrogens is 1. The number of carbonyl (C=O) groups is 1. The van der Waals surface area contributed by atoms with Crippen LogP contribution in [0.15, 0.2) is 18.2 Å². The SMILES string of the molecule is CCCCC(=O)Nc1nc2ccc(C(C)CC)cc2s1. The van der Waals surface area contributed by atoms with Crippen LogP contribution < -0.4 is 5.32 Å². The molecule has 0 aliphatic heterocycles. The highest BCUT2D eigenvalue weighted by Crippen LogP contribution is 2.30. The lowest BCUT2D eigenvalue weighted by Gasteiger charge is -2.07. The molecule has 1 amide bonds. The van der Waals surface area contributed by atoms with Gasteiger partial charge in [0.25, 0.3) is 0 Å². The smallest absolute Gasteiger partial charge is 0.226 e. The summed E-state index contributed by atoms with van der Waals surface area (Å²) in [7, 11) is 0. The maximum absolute atomic E-state index is 11.7. The third-order valence-corrected chi connectivity index (χ3v) is 4.53. The van der Waals surface area contributed by atoms with Crippen LogP contribution in [0.2, 0.25) is 0 Å². The fourth-order valence-corrected chi connectivity index (χ4v) is 2.99. The van der Waals surface area contributed by atoms with Crippen molar-refractivity contribution in [3.63, 3.8) is 0 Å². The van der Waals surface area contributed by atoms with Crippen molar-refractivity contribution in [2.24, 2.45) is 0 Å². The number of anilines is 1. The highest BCUT2D eigenvalue weighted by atomic mass is 32.1. The van der Waals surface area contributed by atoms with E-state index in [1.807, 2.05) is 0 Å². The number of benzene rings is 1. The molecule has 0 radical (unpaired) electrons. The second-order valence-corrected chi connectivity index (χ2v) is 6.24. The quantitative estimate of drug-likeness (QED) is 0.818. The van der Waals surface area contributed by atoms with Crippen molar-refractivity contribution in [2.75, 3.05) is 5.32 Å². The summed E-state index contributed by atoms with van der Waals surface area (Å²) in [5.74, 6) is 0.622. The van der Waals surface area contributed by atoms with Gasteiger partial charge in [-0.15, -0.1) is 0 Å². The van der Waals surface area contributed by atoms with Gasteiger partial charge in [0.1, 0.15) is 0 Å². The Labute approximate surface area is 124 Å². The molecular weight excluding hydrogens is 268 g/mol. The molecule has 2 aromatic rings. The van der Waals surface area contributed by atoms with E-state index in [1.54, 1.807) is 11.3 Å². The number of fused-ring (bicyclic) bond motifs is 1. The van der Waals surface area contributed by atoms with E-state index in [-0.39, 0.29) is 5.91 Å². The van der Waals surface area contributed by atoms with E-state index in [0.29, 0.717) is 17.5 Å². The van der Waals surface area contributed by atoms with Crippen molar-refractivity contribution < 1.29 is 4.79 Å². The van der Waals surface area contributed by atoms with E-state index >= 15 is 0 Å². The van der Waals surface area contributed by atoms with E-state index in [1.165, 1.54) is 5.56 Å². The molecule has 1 N–H and O–H groups in total. The van der Waals surface area contributed by atoms with Crippen LogP contribution in [0.5, 0.6) is 0 Å². The summed E-state index contributed by atoms with van der Waals surface area (Å²) in [6.07, 6.45) is 3.66. The molecule has 1 aromatic carbocycles. The maximum Gasteiger partial charge on any atom is 0.226 e. The first kappa shape index (κ1) is 15.0. The molecule has 108 valence electrons. The molecule has 3 nitrogen and oxygen atoms in total. The Hall–Kier alpha value is -1.42. The summed E-state index contributed by atoms with van der Waals surface area (Å²) in [5, 5.41) is 3.61. The number of thiazole rings is 1. The highest BCUT2D eigenvalue weighted by Gasteiger charge is 2.09. The number of rotatable bonds is 6. The first-order chi connectivity index (χ1) is 9.63. The van der Waals surface area contributed by atoms with Crippen molar-refractivity contribution in [3.05, 3.63) is 23.8 Å². The number of hydrogen-bond acceptors (Lipinski definition) is 3. The summed E-state index contributed by atoms with van der Waals surface area (Å²) in [6, 6.07) is 6.39. The second kappa shape index (κ2) is 6.84. The minimum Gasteiger partial charge on any atom is -0.302 e. The zero-order valence-electron chi connectivity index (χ0n) is 12.4. The first-order valence-corrected chi connectivity index (χ1v) is 8.16. The second-order valence-electron chi connectivity index (χ2n) is 5.21. The Morgan fingerprint density at radius 3 is 2.90 bits per heavy atom. The molecule has 1 unspecified atom stereocenters. The molecule has 0 bridgehead atoms. The van der Waals surface area contributed by atoms with Crippen LogP contribution in [0.1, 0.15) is 57.9 Å². The Kier molecular flexibility index (Phi) is 5.12. The largest absolute Gasteiger partial charge is 0.302 e. The molecule has 0 aliphatic carbocycles. The van der Waals surface area contributed by atoms with Crippen LogP contribution in [0.3, 0.4) is 0 Å². The van der Waals surface area contributed by atoms with Crippen LogP contribution in [0, 0.1) is 0 Å². The fourth-order valence-electron chi connectivity index (χ4n) is 2.06. The molecule has 1 heterocycles. The Morgan fingerprint density at radius 1 is 1.40 bits per heavy atom. The van der Waals surface area contributed by atoms with Gasteiger partial charge in [-0.1, -0.05) is 44.6 Å². The molecule has 4 heteroatoms. The van der Waals surface area contributed by atoms with E-state index < -0.39 is 0 Å². The third-order valence-electron chi connectivity index (χ3n) is 3.60. The van der Waals surface area contributed by atoms with E-state index in [9.17, 15) is 4.79 Å². The van der Waals surface area contributed by atoms with Crippen molar-refractivity contribution in [3.8, 4) is 0 Å². The molecule has 20 heavy (non-hydrogen) atoms. The number of amides is 1. The number of unbranched alkanes of at least 4 members (excludes halogenated alkanes) is 1. The van der Waals surface area contributed by atoms with Gasteiger partial charge in [0.15, 0.2) is 5.13 Å². The van der Waals surface area contributed by atoms with Gasteiger partial charge in [-0.25, -0.2) is 4.98 Å². The number of nitrogens with zero attached hydrogens (tertiary/aromatic N) is 1. The molecule has 0 fully saturated rings. The van der Waals surface area contributed by atoms with Crippen molar-refractivity contribution in [2.45, 2.75) is 52.4 Å². The van der Waals surface area contributed by atoms with E-state index in [0.717, 1.165) is 29.5 Å². The maximum atomic E-state index is 11.7. The van der Waals surface area contributed by atoms with E-state index in [2.05, 4.69) is 49.3 Å². The Morgan fingerprint density at radius 2 is 2.20 bits per heavy atom. The normalized spacial score (nSPS) is 12.6. The van der Waals surface area contributed by atoms with Gasteiger partial charge in [-0.2, -0.15) is 0 Å². The molecule has 0 spiro atoms. The number of hydrogen-bond donors (Lipinski definition) is 1. The summed E-state index contributed by atoms with van der Waals surface area (Å²) in [4.78, 5) is 16.2. The van der Waals surface area contributed by atoms with Gasteiger partial charge in [0.05, 0.1) is 10.2 Å². The lowest BCUT2D eigenvalue weighted by Crippen LogP contribution is -2.10. The third kappa shape index (κ3) is 3.57. The minimum atomic E-state index is 0.0630. The minimum absolute atomic E-state index is 0.0630. The lowest BCUT2D eigenvalue weighted by atomic mass is 9.99. The Bertz CT molecular complexity index is 591. The summed E-state index contributed by atoms with van der Waals surface area (Å²) >= 11 is 1.56. The first-order valence-electron chi connectivity index (χ1n) is 7.34. The zero-order chi connectivity index (χ0) is 14.5. The summed E-state index contributed by atoms with van der Waals surface area (Å²) < 4.78 is 1.15. The van der Waals surface area contributed by atoms with Gasteiger partial charge < -0.3 is 5.32 Å². The average Bonchev–Trinajstić information content (AvgIpc) is 2.85. The summed E-state index contributed by atoms with van der Waals surface area (Å²) in [6.45, 7) is 6.51. The molecule has 2 rings (SSSR count). The predicted molar refractivity (Wildman–Crippen MR) is 86.5 cm³/mol. The van der Waals surface area contributed by atoms with Gasteiger partial charge in [-0.05, 0) is 36.5 Å². The molecule has 0 saturated heterocycles. The molecule has 0 saturated carbocycles. The molecule has 0 aliphatic rings. The van der Waals surface area contributed by atoms with Crippen LogP contribution in [-0.2, 0) is 4.79 Å². The molecule has 1 aromatic heterocycles. The monoisotopic (exact) mass is 290 g/mol. The highest BCUT2D eigenvalue weighted by molar-refractivity contribution is 7.22. The number of carbonyl (C=O) groups excluding carboxylic acids is 1.